The number of nitriles is 1. The lowest BCUT2D eigenvalue weighted by Gasteiger charge is -2.15. The van der Waals surface area contributed by atoms with Crippen LogP contribution in [0.4, 0.5) is 0 Å². The van der Waals surface area contributed by atoms with Crippen LogP contribution in [0.15, 0.2) is 46.4 Å². The summed E-state index contributed by atoms with van der Waals surface area (Å²) in [5.41, 5.74) is 6.58. The number of carbonyl (C=O) groups excluding carboxylic acids is 1. The largest absolute Gasteiger partial charge is 0.490 e. The first-order valence-electron chi connectivity index (χ1n) is 7.69. The summed E-state index contributed by atoms with van der Waals surface area (Å²) in [5.74, 6) is 0.227. The van der Waals surface area contributed by atoms with Crippen LogP contribution >= 0.6 is 27.5 Å². The van der Waals surface area contributed by atoms with E-state index in [-0.39, 0.29) is 5.57 Å². The first-order valence-corrected chi connectivity index (χ1v) is 8.87. The van der Waals surface area contributed by atoms with Gasteiger partial charge in [0.25, 0.3) is 5.91 Å². The third-order valence-corrected chi connectivity index (χ3v) is 4.17. The Kier molecular flexibility index (Phi) is 7.07. The summed E-state index contributed by atoms with van der Waals surface area (Å²) in [4.78, 5) is 11.2. The predicted octanol–water partition coefficient (Wildman–Crippen LogP) is 4.47. The molecule has 1 amide bonds. The van der Waals surface area contributed by atoms with Crippen molar-refractivity contribution in [2.75, 3.05) is 6.61 Å². The zero-order chi connectivity index (χ0) is 19.1. The van der Waals surface area contributed by atoms with Gasteiger partial charge in [-0.05, 0) is 64.3 Å². The number of carbonyl (C=O) groups is 1. The molecule has 0 aliphatic heterocycles. The van der Waals surface area contributed by atoms with Gasteiger partial charge >= 0.3 is 0 Å². The van der Waals surface area contributed by atoms with Crippen LogP contribution in [0.1, 0.15) is 18.1 Å². The van der Waals surface area contributed by atoms with Crippen molar-refractivity contribution in [3.8, 4) is 17.6 Å². The van der Waals surface area contributed by atoms with Crippen LogP contribution in [0.25, 0.3) is 6.08 Å². The molecule has 0 aliphatic rings. The summed E-state index contributed by atoms with van der Waals surface area (Å²) in [6.07, 6.45) is 1.40. The molecule has 2 aromatic rings. The molecule has 5 nitrogen and oxygen atoms in total. The van der Waals surface area contributed by atoms with Gasteiger partial charge in [-0.2, -0.15) is 5.26 Å². The Labute approximate surface area is 165 Å². The third kappa shape index (κ3) is 5.25. The maximum absolute atomic E-state index is 11.2. The summed E-state index contributed by atoms with van der Waals surface area (Å²) in [7, 11) is 0. The van der Waals surface area contributed by atoms with Crippen LogP contribution in [-0.4, -0.2) is 12.5 Å². The van der Waals surface area contributed by atoms with E-state index in [1.807, 2.05) is 19.1 Å². The summed E-state index contributed by atoms with van der Waals surface area (Å²) in [6.45, 7) is 2.61. The highest BCUT2D eigenvalue weighted by atomic mass is 79.9. The molecule has 134 valence electrons. The highest BCUT2D eigenvalue weighted by Crippen LogP contribution is 2.38. The molecule has 0 aromatic heterocycles. The van der Waals surface area contributed by atoms with Crippen molar-refractivity contribution in [1.29, 1.82) is 5.26 Å². The molecule has 26 heavy (non-hydrogen) atoms. The van der Waals surface area contributed by atoms with Crippen molar-refractivity contribution in [3.63, 3.8) is 0 Å². The SMILES string of the molecule is CCOc1cc(/C=C(/C#N)C(N)=O)cc(Br)c1OCc1ccc(Cl)cc1. The summed E-state index contributed by atoms with van der Waals surface area (Å²) < 4.78 is 12.2. The third-order valence-electron chi connectivity index (χ3n) is 3.33. The number of hydrogen-bond acceptors (Lipinski definition) is 4. The fraction of sp³-hybridized carbons (Fsp3) is 0.158. The summed E-state index contributed by atoms with van der Waals surface area (Å²) >= 11 is 9.33. The Morgan fingerprint density at radius 3 is 2.58 bits per heavy atom. The van der Waals surface area contributed by atoms with Gasteiger partial charge < -0.3 is 15.2 Å². The number of halogens is 2. The quantitative estimate of drug-likeness (QED) is 0.513. The second kappa shape index (κ2) is 9.27. The lowest BCUT2D eigenvalue weighted by molar-refractivity contribution is -0.114. The van der Waals surface area contributed by atoms with Gasteiger partial charge in [0.15, 0.2) is 11.5 Å². The number of rotatable bonds is 7. The van der Waals surface area contributed by atoms with E-state index in [1.165, 1.54) is 6.08 Å². The van der Waals surface area contributed by atoms with Crippen LogP contribution in [0, 0.1) is 11.3 Å². The molecule has 0 unspecified atom stereocenters. The van der Waals surface area contributed by atoms with E-state index >= 15 is 0 Å². The molecule has 0 spiro atoms. The van der Waals surface area contributed by atoms with Crippen molar-refractivity contribution < 1.29 is 14.3 Å². The molecule has 0 bridgehead atoms. The Morgan fingerprint density at radius 2 is 2.00 bits per heavy atom. The van der Waals surface area contributed by atoms with Gasteiger partial charge in [-0.1, -0.05) is 23.7 Å². The average Bonchev–Trinajstić information content (AvgIpc) is 2.60. The zero-order valence-corrected chi connectivity index (χ0v) is 16.3. The Hall–Kier alpha value is -2.49. The Balaban J connectivity index is 2.32. The van der Waals surface area contributed by atoms with Gasteiger partial charge in [0.05, 0.1) is 11.1 Å². The van der Waals surface area contributed by atoms with E-state index in [2.05, 4.69) is 15.9 Å². The minimum atomic E-state index is -0.787. The smallest absolute Gasteiger partial charge is 0.259 e. The number of hydrogen-bond donors (Lipinski definition) is 1. The number of nitrogens with two attached hydrogens (primary N) is 1. The maximum Gasteiger partial charge on any atom is 0.259 e. The van der Waals surface area contributed by atoms with Crippen molar-refractivity contribution in [1.82, 2.24) is 0 Å². The van der Waals surface area contributed by atoms with E-state index in [0.717, 1.165) is 5.56 Å². The maximum atomic E-state index is 11.2. The van der Waals surface area contributed by atoms with Crippen LogP contribution in [0.2, 0.25) is 5.02 Å². The second-order valence-electron chi connectivity index (χ2n) is 5.21. The molecule has 7 heteroatoms. The lowest BCUT2D eigenvalue weighted by atomic mass is 10.1. The topological polar surface area (TPSA) is 85.3 Å². The van der Waals surface area contributed by atoms with Crippen LogP contribution in [0.5, 0.6) is 11.5 Å². The van der Waals surface area contributed by atoms with Crippen molar-refractivity contribution in [2.24, 2.45) is 5.73 Å². The number of primary amides is 1. The average molecular weight is 436 g/mol. The first kappa shape index (κ1) is 19.8. The summed E-state index contributed by atoms with van der Waals surface area (Å²) in [6, 6.07) is 12.5. The molecular weight excluding hydrogens is 420 g/mol. The van der Waals surface area contributed by atoms with E-state index in [4.69, 9.17) is 32.1 Å². The van der Waals surface area contributed by atoms with Crippen molar-refractivity contribution >= 4 is 39.5 Å². The fourth-order valence-electron chi connectivity index (χ4n) is 2.14. The number of amides is 1. The van der Waals surface area contributed by atoms with E-state index in [0.29, 0.717) is 39.8 Å². The minimum absolute atomic E-state index is 0.144. The highest BCUT2D eigenvalue weighted by molar-refractivity contribution is 9.10. The molecule has 0 heterocycles. The predicted molar refractivity (Wildman–Crippen MR) is 104 cm³/mol. The normalized spacial score (nSPS) is 10.9. The molecule has 0 saturated carbocycles. The first-order chi connectivity index (χ1) is 12.4. The second-order valence-corrected chi connectivity index (χ2v) is 6.50. The number of nitrogens with zero attached hydrogens (tertiary/aromatic N) is 1. The molecule has 0 aliphatic carbocycles. The molecule has 2 N–H and O–H groups in total. The van der Waals surface area contributed by atoms with E-state index < -0.39 is 5.91 Å². The zero-order valence-electron chi connectivity index (χ0n) is 14.0. The monoisotopic (exact) mass is 434 g/mol. The molecule has 0 atom stereocenters. The standard InChI is InChI=1S/C19H16BrClN2O3/c1-2-25-17-9-13(7-14(10-22)19(23)24)8-16(20)18(17)26-11-12-3-5-15(21)6-4-12/h3-9H,2,11H2,1H3,(H2,23,24)/b14-7-. The number of ether oxygens (including phenoxy) is 2. The van der Waals surface area contributed by atoms with Crippen LogP contribution in [-0.2, 0) is 11.4 Å². The van der Waals surface area contributed by atoms with Gasteiger partial charge in [0, 0.05) is 5.02 Å². The van der Waals surface area contributed by atoms with Gasteiger partial charge in [0.2, 0.25) is 0 Å². The minimum Gasteiger partial charge on any atom is -0.490 e. The molecule has 0 fully saturated rings. The lowest BCUT2D eigenvalue weighted by Crippen LogP contribution is -2.12. The van der Waals surface area contributed by atoms with Crippen molar-refractivity contribution in [3.05, 3.63) is 62.6 Å². The molecule has 2 rings (SSSR count). The van der Waals surface area contributed by atoms with Crippen LogP contribution in [0.3, 0.4) is 0 Å². The molecule has 0 radical (unpaired) electrons. The fourth-order valence-corrected chi connectivity index (χ4v) is 2.84. The molecular formula is C19H16BrClN2O3. The van der Waals surface area contributed by atoms with Crippen molar-refractivity contribution in [2.45, 2.75) is 13.5 Å². The van der Waals surface area contributed by atoms with Gasteiger partial charge in [-0.15, -0.1) is 0 Å². The highest BCUT2D eigenvalue weighted by Gasteiger charge is 2.13. The van der Waals surface area contributed by atoms with Gasteiger partial charge in [-0.25, -0.2) is 0 Å². The van der Waals surface area contributed by atoms with Gasteiger partial charge in [0.1, 0.15) is 18.2 Å². The Bertz CT molecular complexity index is 874. The van der Waals surface area contributed by atoms with Crippen LogP contribution < -0.4 is 15.2 Å². The van der Waals surface area contributed by atoms with E-state index in [1.54, 1.807) is 30.3 Å². The van der Waals surface area contributed by atoms with E-state index in [9.17, 15) is 4.79 Å². The molecule has 0 saturated heterocycles. The number of benzene rings is 2. The Morgan fingerprint density at radius 1 is 1.31 bits per heavy atom. The summed E-state index contributed by atoms with van der Waals surface area (Å²) in [5, 5.41) is 9.64. The van der Waals surface area contributed by atoms with Gasteiger partial charge in [-0.3, -0.25) is 4.79 Å². The molecule has 2 aromatic carbocycles.